The minimum atomic E-state index is 0.744. The van der Waals surface area contributed by atoms with Gasteiger partial charge in [0.15, 0.2) is 0 Å². The highest BCUT2D eigenvalue weighted by atomic mass is 35.5. The number of H-pyrrole nitrogens is 1. The zero-order valence-electron chi connectivity index (χ0n) is 17.7. The molecule has 3 heteroatoms. The molecule has 0 bridgehead atoms. The van der Waals surface area contributed by atoms with Crippen molar-refractivity contribution < 1.29 is 0 Å². The van der Waals surface area contributed by atoms with Gasteiger partial charge in [0.25, 0.3) is 0 Å². The maximum atomic E-state index is 6.56. The van der Waals surface area contributed by atoms with Crippen LogP contribution in [0.5, 0.6) is 0 Å². The molecule has 0 unspecified atom stereocenters. The van der Waals surface area contributed by atoms with E-state index >= 15 is 0 Å². The van der Waals surface area contributed by atoms with Gasteiger partial charge in [0, 0.05) is 43.3 Å². The van der Waals surface area contributed by atoms with Crippen LogP contribution in [0.2, 0.25) is 5.02 Å². The van der Waals surface area contributed by atoms with Crippen molar-refractivity contribution in [3.05, 3.63) is 114 Å². The number of benzene rings is 5. The molecule has 7 aromatic rings. The second-order valence-corrected chi connectivity index (χ2v) is 8.90. The summed E-state index contributed by atoms with van der Waals surface area (Å²) >= 11 is 6.56. The number of aromatic nitrogens is 2. The molecule has 0 saturated heterocycles. The van der Waals surface area contributed by atoms with Crippen molar-refractivity contribution in [2.75, 3.05) is 0 Å². The molecule has 0 aliphatic heterocycles. The van der Waals surface area contributed by atoms with Gasteiger partial charge in [0.2, 0.25) is 0 Å². The minimum absolute atomic E-state index is 0.744. The van der Waals surface area contributed by atoms with Crippen LogP contribution in [0.4, 0.5) is 0 Å². The number of hydrogen-bond donors (Lipinski definition) is 1. The Morgan fingerprint density at radius 3 is 1.88 bits per heavy atom. The highest BCUT2D eigenvalue weighted by Gasteiger charge is 2.14. The smallest absolute Gasteiger partial charge is 0.0545 e. The van der Waals surface area contributed by atoms with Crippen LogP contribution in [-0.4, -0.2) is 9.55 Å². The normalized spacial score (nSPS) is 11.8. The molecule has 7 rings (SSSR count). The molecule has 2 heterocycles. The van der Waals surface area contributed by atoms with Crippen molar-refractivity contribution in [3.8, 4) is 16.8 Å². The number of aromatic amines is 1. The summed E-state index contributed by atoms with van der Waals surface area (Å²) in [5, 5.41) is 5.63. The summed E-state index contributed by atoms with van der Waals surface area (Å²) in [6.07, 6.45) is 0. The lowest BCUT2D eigenvalue weighted by atomic mass is 10.0. The Kier molecular flexibility index (Phi) is 3.93. The number of nitrogens with zero attached hydrogens (tertiary/aromatic N) is 1. The van der Waals surface area contributed by atoms with Gasteiger partial charge in [-0.3, -0.25) is 0 Å². The summed E-state index contributed by atoms with van der Waals surface area (Å²) in [7, 11) is 0. The number of rotatable bonds is 2. The quantitative estimate of drug-likeness (QED) is 0.276. The summed E-state index contributed by atoms with van der Waals surface area (Å²) in [6, 6.07) is 38.4. The SMILES string of the molecule is Clc1cc(-c2ccc(-n3c4ccccc4c4ccccc43)cc2)c2[nH]c3ccccc3c2c1. The summed E-state index contributed by atoms with van der Waals surface area (Å²) < 4.78 is 2.34. The molecule has 156 valence electrons. The first-order chi connectivity index (χ1) is 16.3. The van der Waals surface area contributed by atoms with Gasteiger partial charge in [0.1, 0.15) is 0 Å². The minimum Gasteiger partial charge on any atom is -0.354 e. The fourth-order valence-corrected chi connectivity index (χ4v) is 5.35. The predicted octanol–water partition coefficient (Wildman–Crippen LogP) is 8.74. The van der Waals surface area contributed by atoms with E-state index in [2.05, 4.69) is 113 Å². The average Bonchev–Trinajstić information content (AvgIpc) is 3.40. The highest BCUT2D eigenvalue weighted by Crippen LogP contribution is 2.37. The largest absolute Gasteiger partial charge is 0.354 e. The zero-order chi connectivity index (χ0) is 21.9. The van der Waals surface area contributed by atoms with E-state index in [1.807, 2.05) is 6.07 Å². The van der Waals surface area contributed by atoms with E-state index in [9.17, 15) is 0 Å². The Balaban J connectivity index is 1.43. The van der Waals surface area contributed by atoms with E-state index in [0.717, 1.165) is 38.3 Å². The molecular weight excluding hydrogens is 424 g/mol. The molecule has 0 radical (unpaired) electrons. The van der Waals surface area contributed by atoms with Gasteiger partial charge >= 0.3 is 0 Å². The topological polar surface area (TPSA) is 20.7 Å². The second-order valence-electron chi connectivity index (χ2n) is 8.46. The number of halogens is 1. The molecule has 0 atom stereocenters. The van der Waals surface area contributed by atoms with Gasteiger partial charge in [0.05, 0.1) is 16.6 Å². The van der Waals surface area contributed by atoms with Gasteiger partial charge in [-0.2, -0.15) is 0 Å². The molecule has 0 saturated carbocycles. The second kappa shape index (κ2) is 6.99. The molecule has 0 fully saturated rings. The van der Waals surface area contributed by atoms with Crippen LogP contribution in [0.1, 0.15) is 0 Å². The Morgan fingerprint density at radius 1 is 0.576 bits per heavy atom. The van der Waals surface area contributed by atoms with E-state index in [0.29, 0.717) is 0 Å². The van der Waals surface area contributed by atoms with Gasteiger partial charge in [-0.1, -0.05) is 78.3 Å². The van der Waals surface area contributed by atoms with Crippen molar-refractivity contribution in [2.24, 2.45) is 0 Å². The lowest BCUT2D eigenvalue weighted by Gasteiger charge is -2.10. The predicted molar refractivity (Wildman–Crippen MR) is 141 cm³/mol. The van der Waals surface area contributed by atoms with Crippen molar-refractivity contribution in [2.45, 2.75) is 0 Å². The van der Waals surface area contributed by atoms with Gasteiger partial charge in [-0.05, 0) is 48.0 Å². The number of fused-ring (bicyclic) bond motifs is 6. The third kappa shape index (κ3) is 2.75. The maximum Gasteiger partial charge on any atom is 0.0545 e. The van der Waals surface area contributed by atoms with E-state index in [1.165, 1.54) is 27.2 Å². The summed E-state index contributed by atoms with van der Waals surface area (Å²) in [6.45, 7) is 0. The van der Waals surface area contributed by atoms with E-state index in [1.54, 1.807) is 0 Å². The monoisotopic (exact) mass is 442 g/mol. The van der Waals surface area contributed by atoms with Crippen LogP contribution >= 0.6 is 11.6 Å². The first kappa shape index (κ1) is 18.6. The lowest BCUT2D eigenvalue weighted by Crippen LogP contribution is -1.93. The van der Waals surface area contributed by atoms with Gasteiger partial charge in [-0.25, -0.2) is 0 Å². The molecular formula is C30H19ClN2. The molecule has 0 aliphatic carbocycles. The third-order valence-corrected chi connectivity index (χ3v) is 6.81. The molecule has 5 aromatic carbocycles. The summed E-state index contributed by atoms with van der Waals surface area (Å²) in [5.74, 6) is 0. The lowest BCUT2D eigenvalue weighted by molar-refractivity contribution is 1.18. The molecule has 0 amide bonds. The van der Waals surface area contributed by atoms with Gasteiger partial charge < -0.3 is 9.55 Å². The first-order valence-corrected chi connectivity index (χ1v) is 11.4. The molecule has 0 aliphatic rings. The average molecular weight is 443 g/mol. The van der Waals surface area contributed by atoms with E-state index in [-0.39, 0.29) is 0 Å². The Hall–Kier alpha value is -4.01. The molecule has 1 N–H and O–H groups in total. The number of hydrogen-bond acceptors (Lipinski definition) is 0. The Bertz CT molecular complexity index is 1770. The van der Waals surface area contributed by atoms with Crippen LogP contribution in [0.25, 0.3) is 60.4 Å². The van der Waals surface area contributed by atoms with Crippen LogP contribution in [0, 0.1) is 0 Å². The van der Waals surface area contributed by atoms with E-state index in [4.69, 9.17) is 11.6 Å². The van der Waals surface area contributed by atoms with Crippen molar-refractivity contribution in [3.63, 3.8) is 0 Å². The molecule has 2 nitrogen and oxygen atoms in total. The van der Waals surface area contributed by atoms with Crippen molar-refractivity contribution >= 4 is 55.2 Å². The van der Waals surface area contributed by atoms with Crippen molar-refractivity contribution in [1.29, 1.82) is 0 Å². The van der Waals surface area contributed by atoms with Gasteiger partial charge in [-0.15, -0.1) is 0 Å². The fourth-order valence-electron chi connectivity index (χ4n) is 5.13. The first-order valence-electron chi connectivity index (χ1n) is 11.1. The zero-order valence-corrected chi connectivity index (χ0v) is 18.5. The van der Waals surface area contributed by atoms with Crippen molar-refractivity contribution in [1.82, 2.24) is 9.55 Å². The summed E-state index contributed by atoms with van der Waals surface area (Å²) in [5.41, 5.74) is 8.06. The van der Waals surface area contributed by atoms with Crippen LogP contribution < -0.4 is 0 Å². The summed E-state index contributed by atoms with van der Waals surface area (Å²) in [4.78, 5) is 3.60. The maximum absolute atomic E-state index is 6.56. The molecule has 2 aromatic heterocycles. The molecule has 0 spiro atoms. The fraction of sp³-hybridized carbons (Fsp3) is 0. The standard InChI is InChI=1S/C30H19ClN2/c31-20-17-25(30-26(18-20)22-7-1-4-10-27(22)32-30)19-13-15-21(16-14-19)33-28-11-5-2-8-23(28)24-9-3-6-12-29(24)33/h1-18,32H. The number of para-hydroxylation sites is 3. The molecule has 33 heavy (non-hydrogen) atoms. The van der Waals surface area contributed by atoms with Crippen LogP contribution in [0.3, 0.4) is 0 Å². The Morgan fingerprint density at radius 2 is 1.18 bits per heavy atom. The Labute approximate surface area is 195 Å². The van der Waals surface area contributed by atoms with Crippen LogP contribution in [0.15, 0.2) is 109 Å². The highest BCUT2D eigenvalue weighted by molar-refractivity contribution is 6.32. The number of nitrogens with one attached hydrogen (secondary N) is 1. The van der Waals surface area contributed by atoms with E-state index < -0.39 is 0 Å². The third-order valence-electron chi connectivity index (χ3n) is 6.60. The van der Waals surface area contributed by atoms with Crippen LogP contribution in [-0.2, 0) is 0 Å².